The van der Waals surface area contributed by atoms with Crippen molar-refractivity contribution in [3.05, 3.63) is 0 Å². The molecule has 1 saturated heterocycles. The molecule has 0 aromatic heterocycles. The summed E-state index contributed by atoms with van der Waals surface area (Å²) in [6.45, 7) is 3.82. The Morgan fingerprint density at radius 2 is 0.887 bits per heavy atom. The van der Waals surface area contributed by atoms with Crippen LogP contribution in [0.15, 0.2) is 0 Å². The number of hydrogen-bond donors (Lipinski definition) is 4. The van der Waals surface area contributed by atoms with Gasteiger partial charge in [0.05, 0.1) is 6.61 Å². The van der Waals surface area contributed by atoms with Gasteiger partial charge in [-0.05, 0) is 12.8 Å². The lowest BCUT2D eigenvalue weighted by molar-refractivity contribution is -0.298. The standard InChI is InChI=1S/C42H78O11/c1-3-5-7-9-11-13-15-17-18-19-21-22-24-26-28-30-35(43)50-32-34(33-51-42-39(47)37(45)38(46)40(53-42)41(48)49)52-36(44)31-29-27-25-23-20-16-14-12-10-8-6-4-2/h34,37-40,42,45-47H,3-33H2,1-2H3,(H,48,49). The van der Waals surface area contributed by atoms with E-state index in [1.165, 1.54) is 122 Å². The van der Waals surface area contributed by atoms with Gasteiger partial charge in [0, 0.05) is 12.8 Å². The highest BCUT2D eigenvalue weighted by molar-refractivity contribution is 5.73. The molecule has 6 atom stereocenters. The first-order valence-electron chi connectivity index (χ1n) is 21.6. The first-order valence-corrected chi connectivity index (χ1v) is 21.6. The van der Waals surface area contributed by atoms with E-state index in [1.807, 2.05) is 0 Å². The summed E-state index contributed by atoms with van der Waals surface area (Å²) in [5.41, 5.74) is 0. The van der Waals surface area contributed by atoms with Crippen LogP contribution in [0.25, 0.3) is 0 Å². The molecule has 0 aromatic rings. The Bertz CT molecular complexity index is 900. The number of carbonyl (C=O) groups excluding carboxylic acids is 2. The molecule has 1 fully saturated rings. The summed E-state index contributed by atoms with van der Waals surface area (Å²) in [6, 6.07) is 0. The molecule has 6 unspecified atom stereocenters. The number of carbonyl (C=O) groups is 3. The van der Waals surface area contributed by atoms with E-state index in [0.29, 0.717) is 12.8 Å². The minimum Gasteiger partial charge on any atom is -0.479 e. The molecule has 0 saturated carbocycles. The van der Waals surface area contributed by atoms with Crippen LogP contribution in [0, 0.1) is 0 Å². The quantitative estimate of drug-likeness (QED) is 0.0356. The van der Waals surface area contributed by atoms with Crippen LogP contribution in [-0.2, 0) is 33.3 Å². The van der Waals surface area contributed by atoms with Crippen molar-refractivity contribution < 1.29 is 53.8 Å². The number of rotatable bonds is 36. The van der Waals surface area contributed by atoms with E-state index in [9.17, 15) is 34.8 Å². The van der Waals surface area contributed by atoms with E-state index in [4.69, 9.17) is 18.9 Å². The van der Waals surface area contributed by atoms with Crippen LogP contribution in [0.3, 0.4) is 0 Å². The molecular weight excluding hydrogens is 680 g/mol. The molecule has 11 heteroatoms. The van der Waals surface area contributed by atoms with Crippen molar-refractivity contribution in [1.29, 1.82) is 0 Å². The van der Waals surface area contributed by atoms with Gasteiger partial charge >= 0.3 is 17.9 Å². The first kappa shape index (κ1) is 49.2. The van der Waals surface area contributed by atoms with Crippen molar-refractivity contribution in [2.45, 2.75) is 237 Å². The molecule has 0 aliphatic carbocycles. The lowest BCUT2D eigenvalue weighted by atomic mass is 9.99. The third-order valence-electron chi connectivity index (χ3n) is 10.2. The van der Waals surface area contributed by atoms with Crippen LogP contribution in [0.2, 0.25) is 0 Å². The molecule has 1 aliphatic rings. The van der Waals surface area contributed by atoms with Crippen LogP contribution in [0.1, 0.15) is 200 Å². The number of aliphatic carboxylic acids is 1. The number of esters is 2. The summed E-state index contributed by atoms with van der Waals surface area (Å²) in [4.78, 5) is 36.7. The SMILES string of the molecule is CCCCCCCCCCCCCCCCCC(=O)OCC(COC1OC(C(=O)O)C(O)C(O)C1O)OC(=O)CCCCCCCCCCCCCC. The Balaban J connectivity index is 2.37. The lowest BCUT2D eigenvalue weighted by Gasteiger charge is -2.38. The molecule has 312 valence electrons. The molecule has 1 rings (SSSR count). The molecule has 0 bridgehead atoms. The zero-order chi connectivity index (χ0) is 38.9. The minimum atomic E-state index is -1.85. The summed E-state index contributed by atoms with van der Waals surface area (Å²) < 4.78 is 21.7. The topological polar surface area (TPSA) is 169 Å². The average molecular weight is 759 g/mol. The fourth-order valence-electron chi connectivity index (χ4n) is 6.76. The molecule has 0 aromatic carbocycles. The second-order valence-corrected chi connectivity index (χ2v) is 15.2. The summed E-state index contributed by atoms with van der Waals surface area (Å²) in [6.07, 6.45) is 23.0. The largest absolute Gasteiger partial charge is 0.479 e. The van der Waals surface area contributed by atoms with Crippen molar-refractivity contribution in [2.24, 2.45) is 0 Å². The molecule has 0 amide bonds. The van der Waals surface area contributed by atoms with Crippen molar-refractivity contribution in [3.8, 4) is 0 Å². The van der Waals surface area contributed by atoms with Gasteiger partial charge in [0.2, 0.25) is 0 Å². The lowest BCUT2D eigenvalue weighted by Crippen LogP contribution is -2.60. The summed E-state index contributed by atoms with van der Waals surface area (Å²) in [5, 5.41) is 39.7. The molecule has 4 N–H and O–H groups in total. The predicted octanol–water partition coefficient (Wildman–Crippen LogP) is 8.70. The Hall–Kier alpha value is -1.79. The van der Waals surface area contributed by atoms with Crippen LogP contribution in [-0.4, -0.2) is 88.4 Å². The molecule has 0 radical (unpaired) electrons. The third kappa shape index (κ3) is 25.8. The van der Waals surface area contributed by atoms with E-state index in [1.54, 1.807) is 0 Å². The van der Waals surface area contributed by atoms with Crippen LogP contribution < -0.4 is 0 Å². The summed E-state index contributed by atoms with van der Waals surface area (Å²) in [7, 11) is 0. The highest BCUT2D eigenvalue weighted by atomic mass is 16.7. The Morgan fingerprint density at radius 3 is 1.28 bits per heavy atom. The van der Waals surface area contributed by atoms with Crippen molar-refractivity contribution in [3.63, 3.8) is 0 Å². The molecule has 1 aliphatic heterocycles. The van der Waals surface area contributed by atoms with Gasteiger partial charge in [-0.15, -0.1) is 0 Å². The minimum absolute atomic E-state index is 0.190. The third-order valence-corrected chi connectivity index (χ3v) is 10.2. The maximum absolute atomic E-state index is 12.7. The monoisotopic (exact) mass is 759 g/mol. The van der Waals surface area contributed by atoms with E-state index in [0.717, 1.165) is 38.5 Å². The molecule has 1 heterocycles. The normalized spacial score (nSPS) is 20.7. The van der Waals surface area contributed by atoms with Gasteiger partial charge in [-0.25, -0.2) is 4.79 Å². The van der Waals surface area contributed by atoms with E-state index in [-0.39, 0.29) is 26.1 Å². The Morgan fingerprint density at radius 1 is 0.509 bits per heavy atom. The predicted molar refractivity (Wildman–Crippen MR) is 206 cm³/mol. The van der Waals surface area contributed by atoms with Crippen molar-refractivity contribution in [2.75, 3.05) is 13.2 Å². The highest BCUT2D eigenvalue weighted by Gasteiger charge is 2.47. The smallest absolute Gasteiger partial charge is 0.335 e. The van der Waals surface area contributed by atoms with E-state index < -0.39 is 54.7 Å². The number of carboxylic acids is 1. The Labute approximate surface area is 321 Å². The van der Waals surface area contributed by atoms with Gasteiger partial charge in [0.15, 0.2) is 18.5 Å². The maximum atomic E-state index is 12.7. The number of carboxylic acid groups (broad SMARTS) is 1. The van der Waals surface area contributed by atoms with Gasteiger partial charge in [-0.1, -0.05) is 174 Å². The average Bonchev–Trinajstić information content (AvgIpc) is 3.14. The van der Waals surface area contributed by atoms with Gasteiger partial charge in [-0.3, -0.25) is 9.59 Å². The van der Waals surface area contributed by atoms with Crippen molar-refractivity contribution in [1.82, 2.24) is 0 Å². The fraction of sp³-hybridized carbons (Fsp3) is 0.929. The molecule has 0 spiro atoms. The number of aliphatic hydroxyl groups is 3. The number of ether oxygens (including phenoxy) is 4. The van der Waals surface area contributed by atoms with Gasteiger partial charge in [0.1, 0.15) is 24.9 Å². The number of aliphatic hydroxyl groups excluding tert-OH is 3. The van der Waals surface area contributed by atoms with Crippen LogP contribution in [0.4, 0.5) is 0 Å². The fourth-order valence-corrected chi connectivity index (χ4v) is 6.76. The van der Waals surface area contributed by atoms with Gasteiger partial charge in [-0.2, -0.15) is 0 Å². The van der Waals surface area contributed by atoms with E-state index in [2.05, 4.69) is 13.8 Å². The Kier molecular flexibility index (Phi) is 31.2. The van der Waals surface area contributed by atoms with Crippen molar-refractivity contribution >= 4 is 17.9 Å². The maximum Gasteiger partial charge on any atom is 0.335 e. The molecular formula is C42H78O11. The zero-order valence-corrected chi connectivity index (χ0v) is 33.5. The second-order valence-electron chi connectivity index (χ2n) is 15.2. The van der Waals surface area contributed by atoms with Crippen LogP contribution in [0.5, 0.6) is 0 Å². The molecule has 53 heavy (non-hydrogen) atoms. The van der Waals surface area contributed by atoms with E-state index >= 15 is 0 Å². The summed E-state index contributed by atoms with van der Waals surface area (Å²) in [5.74, 6) is -2.43. The first-order chi connectivity index (χ1) is 25.7. The zero-order valence-electron chi connectivity index (χ0n) is 33.5. The van der Waals surface area contributed by atoms with Crippen LogP contribution >= 0.6 is 0 Å². The number of unbranched alkanes of at least 4 members (excludes halogenated alkanes) is 25. The van der Waals surface area contributed by atoms with Gasteiger partial charge < -0.3 is 39.4 Å². The summed E-state index contributed by atoms with van der Waals surface area (Å²) >= 11 is 0. The highest BCUT2D eigenvalue weighted by Crippen LogP contribution is 2.23. The molecule has 11 nitrogen and oxygen atoms in total. The second kappa shape index (κ2) is 33.5. The number of hydrogen-bond acceptors (Lipinski definition) is 10. The van der Waals surface area contributed by atoms with Gasteiger partial charge in [0.25, 0.3) is 0 Å².